The first-order valence-corrected chi connectivity index (χ1v) is 6.00. The van der Waals surface area contributed by atoms with E-state index in [0.29, 0.717) is 5.69 Å². The van der Waals surface area contributed by atoms with Gasteiger partial charge in [-0.2, -0.15) is 0 Å². The molecular weight excluding hydrogens is 246 g/mol. The van der Waals surface area contributed by atoms with Crippen LogP contribution in [0.4, 0.5) is 5.69 Å². The van der Waals surface area contributed by atoms with Crippen molar-refractivity contribution in [1.29, 1.82) is 0 Å². The SMILES string of the molecule is CC(N)C(=O)NC(C)C(=O)Nc1ccc(CO)cc1. The van der Waals surface area contributed by atoms with Crippen molar-refractivity contribution in [3.05, 3.63) is 29.8 Å². The van der Waals surface area contributed by atoms with Crippen LogP contribution in [0.5, 0.6) is 0 Å². The molecule has 0 aromatic heterocycles. The minimum atomic E-state index is -0.670. The van der Waals surface area contributed by atoms with E-state index >= 15 is 0 Å². The molecule has 2 amide bonds. The van der Waals surface area contributed by atoms with Crippen LogP contribution in [0, 0.1) is 0 Å². The van der Waals surface area contributed by atoms with Gasteiger partial charge in [0.05, 0.1) is 12.6 Å². The lowest BCUT2D eigenvalue weighted by Gasteiger charge is -2.15. The van der Waals surface area contributed by atoms with E-state index in [2.05, 4.69) is 10.6 Å². The van der Waals surface area contributed by atoms with Gasteiger partial charge in [-0.15, -0.1) is 0 Å². The van der Waals surface area contributed by atoms with Gasteiger partial charge >= 0.3 is 0 Å². The molecule has 0 radical (unpaired) electrons. The zero-order valence-corrected chi connectivity index (χ0v) is 11.0. The molecule has 6 heteroatoms. The fourth-order valence-electron chi connectivity index (χ4n) is 1.35. The first kappa shape index (κ1) is 15.1. The summed E-state index contributed by atoms with van der Waals surface area (Å²) in [7, 11) is 0. The summed E-state index contributed by atoms with van der Waals surface area (Å²) in [4.78, 5) is 23.2. The van der Waals surface area contributed by atoms with Gasteiger partial charge in [0.15, 0.2) is 0 Å². The first-order chi connectivity index (χ1) is 8.93. The average molecular weight is 265 g/mol. The molecule has 0 spiro atoms. The molecule has 2 atom stereocenters. The molecule has 104 valence electrons. The maximum atomic E-state index is 11.8. The number of benzene rings is 1. The molecule has 19 heavy (non-hydrogen) atoms. The normalized spacial score (nSPS) is 13.5. The van der Waals surface area contributed by atoms with Crippen LogP contribution in [0.3, 0.4) is 0 Å². The topological polar surface area (TPSA) is 104 Å². The summed E-state index contributed by atoms with van der Waals surface area (Å²) < 4.78 is 0. The lowest BCUT2D eigenvalue weighted by atomic mass is 10.2. The summed E-state index contributed by atoms with van der Waals surface area (Å²) in [6.45, 7) is 3.08. The number of carbonyl (C=O) groups excluding carboxylic acids is 2. The number of anilines is 1. The molecule has 0 aliphatic rings. The highest BCUT2D eigenvalue weighted by Crippen LogP contribution is 2.09. The van der Waals surface area contributed by atoms with Crippen LogP contribution in [-0.4, -0.2) is 29.0 Å². The molecule has 2 unspecified atom stereocenters. The van der Waals surface area contributed by atoms with Crippen molar-refractivity contribution >= 4 is 17.5 Å². The number of nitrogens with two attached hydrogens (primary N) is 1. The van der Waals surface area contributed by atoms with E-state index in [9.17, 15) is 9.59 Å². The Morgan fingerprint density at radius 2 is 1.79 bits per heavy atom. The van der Waals surface area contributed by atoms with E-state index in [0.717, 1.165) is 5.56 Å². The van der Waals surface area contributed by atoms with Crippen molar-refractivity contribution < 1.29 is 14.7 Å². The Morgan fingerprint density at radius 3 is 2.26 bits per heavy atom. The van der Waals surface area contributed by atoms with Crippen molar-refractivity contribution in [1.82, 2.24) is 5.32 Å². The second kappa shape index (κ2) is 6.86. The zero-order chi connectivity index (χ0) is 14.4. The summed E-state index contributed by atoms with van der Waals surface area (Å²) in [5.74, 6) is -0.705. The van der Waals surface area contributed by atoms with Gasteiger partial charge in [0.25, 0.3) is 0 Å². The number of hydrogen-bond acceptors (Lipinski definition) is 4. The quantitative estimate of drug-likeness (QED) is 0.600. The minimum absolute atomic E-state index is 0.0466. The highest BCUT2D eigenvalue weighted by molar-refractivity contribution is 5.97. The van der Waals surface area contributed by atoms with Crippen molar-refractivity contribution in [3.8, 4) is 0 Å². The summed E-state index contributed by atoms with van der Waals surface area (Å²) in [5, 5.41) is 14.1. The first-order valence-electron chi connectivity index (χ1n) is 6.00. The Labute approximate surface area is 112 Å². The molecule has 6 nitrogen and oxygen atoms in total. The van der Waals surface area contributed by atoms with Gasteiger partial charge in [-0.05, 0) is 31.5 Å². The second-order valence-corrected chi connectivity index (χ2v) is 4.36. The van der Waals surface area contributed by atoms with Gasteiger partial charge in [-0.25, -0.2) is 0 Å². The van der Waals surface area contributed by atoms with E-state index < -0.39 is 12.1 Å². The minimum Gasteiger partial charge on any atom is -0.392 e. The molecule has 0 aliphatic heterocycles. The Balaban J connectivity index is 2.55. The Kier molecular flexibility index (Phi) is 5.47. The Hall–Kier alpha value is -1.92. The van der Waals surface area contributed by atoms with Crippen LogP contribution >= 0.6 is 0 Å². The summed E-state index contributed by atoms with van der Waals surface area (Å²) in [5.41, 5.74) is 6.76. The number of hydrogen-bond donors (Lipinski definition) is 4. The summed E-state index contributed by atoms with van der Waals surface area (Å²) in [6.07, 6.45) is 0. The number of nitrogens with one attached hydrogen (secondary N) is 2. The van der Waals surface area contributed by atoms with E-state index in [1.54, 1.807) is 38.1 Å². The maximum absolute atomic E-state index is 11.8. The fraction of sp³-hybridized carbons (Fsp3) is 0.385. The van der Waals surface area contributed by atoms with Gasteiger partial charge in [-0.3, -0.25) is 9.59 Å². The van der Waals surface area contributed by atoms with Gasteiger partial charge in [0, 0.05) is 5.69 Å². The molecule has 0 bridgehead atoms. The van der Waals surface area contributed by atoms with Crippen LogP contribution < -0.4 is 16.4 Å². The average Bonchev–Trinajstić information content (AvgIpc) is 2.39. The lowest BCUT2D eigenvalue weighted by Crippen LogP contribution is -2.47. The van der Waals surface area contributed by atoms with Gasteiger partial charge < -0.3 is 21.5 Å². The van der Waals surface area contributed by atoms with Crippen LogP contribution in [0.2, 0.25) is 0 Å². The van der Waals surface area contributed by atoms with Crippen molar-refractivity contribution in [2.24, 2.45) is 5.73 Å². The summed E-state index contributed by atoms with van der Waals surface area (Å²) in [6, 6.07) is 5.46. The molecule has 0 saturated carbocycles. The lowest BCUT2D eigenvalue weighted by molar-refractivity contribution is -0.126. The third-order valence-electron chi connectivity index (χ3n) is 2.57. The largest absolute Gasteiger partial charge is 0.392 e. The third-order valence-corrected chi connectivity index (χ3v) is 2.57. The molecule has 0 saturated heterocycles. The molecule has 1 rings (SSSR count). The van der Waals surface area contributed by atoms with Crippen molar-refractivity contribution in [2.75, 3.05) is 5.32 Å². The molecule has 5 N–H and O–H groups in total. The summed E-state index contributed by atoms with van der Waals surface area (Å²) >= 11 is 0. The van der Waals surface area contributed by atoms with Crippen LogP contribution in [0.1, 0.15) is 19.4 Å². The highest BCUT2D eigenvalue weighted by Gasteiger charge is 2.17. The molecule has 0 fully saturated rings. The number of aliphatic hydroxyl groups excluding tert-OH is 1. The monoisotopic (exact) mass is 265 g/mol. The van der Waals surface area contributed by atoms with E-state index in [1.165, 1.54) is 0 Å². The number of rotatable bonds is 5. The number of amides is 2. The van der Waals surface area contributed by atoms with Crippen LogP contribution in [0.15, 0.2) is 24.3 Å². The molecule has 0 heterocycles. The van der Waals surface area contributed by atoms with Crippen molar-refractivity contribution in [2.45, 2.75) is 32.5 Å². The third kappa shape index (κ3) is 4.69. The van der Waals surface area contributed by atoms with Crippen LogP contribution in [-0.2, 0) is 16.2 Å². The van der Waals surface area contributed by atoms with E-state index in [-0.39, 0.29) is 18.4 Å². The molecule has 1 aromatic rings. The molecule has 0 aliphatic carbocycles. The standard InChI is InChI=1S/C13H19N3O3/c1-8(14)12(18)15-9(2)13(19)16-11-5-3-10(7-17)4-6-11/h3-6,8-9,17H,7,14H2,1-2H3,(H,15,18)(H,16,19). The second-order valence-electron chi connectivity index (χ2n) is 4.36. The fourth-order valence-corrected chi connectivity index (χ4v) is 1.35. The smallest absolute Gasteiger partial charge is 0.246 e. The number of aliphatic hydroxyl groups is 1. The molecule has 1 aromatic carbocycles. The van der Waals surface area contributed by atoms with Gasteiger partial charge in [-0.1, -0.05) is 12.1 Å². The highest BCUT2D eigenvalue weighted by atomic mass is 16.3. The Morgan fingerprint density at radius 1 is 1.21 bits per heavy atom. The Bertz CT molecular complexity index is 443. The number of carbonyl (C=O) groups is 2. The predicted octanol–water partition coefficient (Wildman–Crippen LogP) is -0.0307. The zero-order valence-electron chi connectivity index (χ0n) is 11.0. The van der Waals surface area contributed by atoms with Gasteiger partial charge in [0.2, 0.25) is 11.8 Å². The van der Waals surface area contributed by atoms with Gasteiger partial charge in [0.1, 0.15) is 6.04 Å². The maximum Gasteiger partial charge on any atom is 0.246 e. The van der Waals surface area contributed by atoms with E-state index in [4.69, 9.17) is 10.8 Å². The molecular formula is C13H19N3O3. The van der Waals surface area contributed by atoms with Crippen LogP contribution in [0.25, 0.3) is 0 Å². The predicted molar refractivity (Wildman–Crippen MR) is 72.2 cm³/mol. The van der Waals surface area contributed by atoms with Crippen molar-refractivity contribution in [3.63, 3.8) is 0 Å². The van der Waals surface area contributed by atoms with E-state index in [1.807, 2.05) is 0 Å².